The van der Waals surface area contributed by atoms with Crippen molar-refractivity contribution in [2.75, 3.05) is 29.9 Å². The first-order chi connectivity index (χ1) is 13.9. The maximum absolute atomic E-state index is 12.1. The Morgan fingerprint density at radius 1 is 1.10 bits per heavy atom. The number of rotatable bonds is 6. The zero-order chi connectivity index (χ0) is 20.8. The molecule has 2 aromatic carbocycles. The molecule has 152 valence electrons. The topological polar surface area (TPSA) is 102 Å². The van der Waals surface area contributed by atoms with E-state index in [1.807, 2.05) is 12.1 Å². The number of benzene rings is 2. The van der Waals surface area contributed by atoms with Crippen LogP contribution in [0.1, 0.15) is 29.6 Å². The summed E-state index contributed by atoms with van der Waals surface area (Å²) >= 11 is 5.72. The Hall–Kier alpha value is -3.13. The summed E-state index contributed by atoms with van der Waals surface area (Å²) in [6.07, 6.45) is 3.60. The van der Waals surface area contributed by atoms with E-state index in [0.29, 0.717) is 5.69 Å². The van der Waals surface area contributed by atoms with E-state index in [4.69, 9.17) is 16.3 Å². The molecule has 1 heterocycles. The van der Waals surface area contributed by atoms with E-state index in [2.05, 4.69) is 10.2 Å². The van der Waals surface area contributed by atoms with Gasteiger partial charge in [0.25, 0.3) is 11.6 Å². The average molecular weight is 418 g/mol. The molecule has 0 unspecified atom stereocenters. The zero-order valence-electron chi connectivity index (χ0n) is 15.6. The highest BCUT2D eigenvalue weighted by Gasteiger charge is 2.22. The molecule has 1 fully saturated rings. The third-order valence-corrected chi connectivity index (χ3v) is 4.82. The molecule has 2 aromatic rings. The minimum atomic E-state index is -0.969. The molecule has 1 saturated heterocycles. The lowest BCUT2D eigenvalue weighted by atomic mass is 10.1. The largest absolute Gasteiger partial charge is 0.452 e. The maximum Gasteiger partial charge on any atom is 0.345 e. The number of carbonyl (C=O) groups excluding carboxylic acids is 2. The van der Waals surface area contributed by atoms with Crippen LogP contribution in [-0.2, 0) is 9.53 Å². The first kappa shape index (κ1) is 20.6. The monoisotopic (exact) mass is 417 g/mol. The molecule has 1 aliphatic heterocycles. The van der Waals surface area contributed by atoms with Gasteiger partial charge in [0, 0.05) is 35.6 Å². The van der Waals surface area contributed by atoms with Gasteiger partial charge in [-0.05, 0) is 55.7 Å². The Balaban J connectivity index is 1.54. The molecule has 0 radical (unpaired) electrons. The lowest BCUT2D eigenvalue weighted by Gasteiger charge is -2.28. The summed E-state index contributed by atoms with van der Waals surface area (Å²) in [5.41, 5.74) is 0.933. The third kappa shape index (κ3) is 5.45. The lowest BCUT2D eigenvalue weighted by Crippen LogP contribution is -2.29. The minimum Gasteiger partial charge on any atom is -0.452 e. The number of esters is 1. The predicted molar refractivity (Wildman–Crippen MR) is 110 cm³/mol. The van der Waals surface area contributed by atoms with E-state index >= 15 is 0 Å². The van der Waals surface area contributed by atoms with Crippen LogP contribution < -0.4 is 10.2 Å². The van der Waals surface area contributed by atoms with Gasteiger partial charge in [-0.2, -0.15) is 0 Å². The Morgan fingerprint density at radius 2 is 1.79 bits per heavy atom. The summed E-state index contributed by atoms with van der Waals surface area (Å²) in [7, 11) is 0. The van der Waals surface area contributed by atoms with Gasteiger partial charge >= 0.3 is 5.97 Å². The zero-order valence-corrected chi connectivity index (χ0v) is 16.4. The lowest BCUT2D eigenvalue weighted by molar-refractivity contribution is -0.385. The van der Waals surface area contributed by atoms with Gasteiger partial charge in [-0.1, -0.05) is 11.6 Å². The smallest absolute Gasteiger partial charge is 0.345 e. The van der Waals surface area contributed by atoms with Crippen LogP contribution in [0.2, 0.25) is 5.02 Å². The normalized spacial score (nSPS) is 13.6. The van der Waals surface area contributed by atoms with Crippen molar-refractivity contribution in [3.8, 4) is 0 Å². The van der Waals surface area contributed by atoms with Crippen LogP contribution in [0, 0.1) is 10.1 Å². The number of piperidine rings is 1. The van der Waals surface area contributed by atoms with Gasteiger partial charge in [0.05, 0.1) is 4.92 Å². The van der Waals surface area contributed by atoms with E-state index in [9.17, 15) is 19.7 Å². The maximum atomic E-state index is 12.1. The van der Waals surface area contributed by atoms with Crippen molar-refractivity contribution in [2.24, 2.45) is 0 Å². The van der Waals surface area contributed by atoms with Crippen LogP contribution in [0.5, 0.6) is 0 Å². The van der Waals surface area contributed by atoms with E-state index in [0.717, 1.165) is 24.8 Å². The average Bonchev–Trinajstić information content (AvgIpc) is 2.73. The molecule has 0 aliphatic carbocycles. The fourth-order valence-corrected chi connectivity index (χ4v) is 3.31. The number of hydrogen-bond acceptors (Lipinski definition) is 6. The van der Waals surface area contributed by atoms with Gasteiger partial charge in [-0.25, -0.2) is 4.79 Å². The Morgan fingerprint density at radius 3 is 2.45 bits per heavy atom. The van der Waals surface area contributed by atoms with Crippen molar-refractivity contribution in [1.82, 2.24) is 0 Å². The third-order valence-electron chi connectivity index (χ3n) is 4.58. The predicted octanol–water partition coefficient (Wildman–Crippen LogP) is 4.03. The molecule has 0 atom stereocenters. The second-order valence-electron chi connectivity index (χ2n) is 6.64. The summed E-state index contributed by atoms with van der Waals surface area (Å²) < 4.78 is 4.90. The SMILES string of the molecule is O=C(COC(=O)c1ccc(Cl)cc1[N+](=O)[O-])Nc1ccc(N2CCCCC2)cc1. The van der Waals surface area contributed by atoms with Crippen molar-refractivity contribution in [1.29, 1.82) is 0 Å². The van der Waals surface area contributed by atoms with E-state index in [1.54, 1.807) is 12.1 Å². The van der Waals surface area contributed by atoms with Crippen molar-refractivity contribution in [2.45, 2.75) is 19.3 Å². The number of anilines is 2. The summed E-state index contributed by atoms with van der Waals surface area (Å²) in [4.78, 5) is 36.8. The number of carbonyl (C=O) groups is 2. The van der Waals surface area contributed by atoms with Crippen molar-refractivity contribution in [3.63, 3.8) is 0 Å². The number of nitro groups is 1. The molecular weight excluding hydrogens is 398 g/mol. The van der Waals surface area contributed by atoms with Crippen LogP contribution in [-0.4, -0.2) is 36.5 Å². The molecule has 29 heavy (non-hydrogen) atoms. The van der Waals surface area contributed by atoms with Gasteiger partial charge in [0.15, 0.2) is 6.61 Å². The van der Waals surface area contributed by atoms with Crippen LogP contribution in [0.15, 0.2) is 42.5 Å². The molecule has 0 aromatic heterocycles. The van der Waals surface area contributed by atoms with E-state index in [1.165, 1.54) is 31.4 Å². The molecular formula is C20H20ClN3O5. The summed E-state index contributed by atoms with van der Waals surface area (Å²) in [6.45, 7) is 1.49. The summed E-state index contributed by atoms with van der Waals surface area (Å²) in [5, 5.41) is 13.8. The molecule has 0 spiro atoms. The standard InChI is InChI=1S/C20H20ClN3O5/c21-14-4-9-17(18(12-14)24(27)28)20(26)29-13-19(25)22-15-5-7-16(8-6-15)23-10-2-1-3-11-23/h4-9,12H,1-3,10-11,13H2,(H,22,25). The van der Waals surface area contributed by atoms with Crippen molar-refractivity contribution >= 4 is 40.5 Å². The number of ether oxygens (including phenoxy) is 1. The second kappa shape index (κ2) is 9.38. The first-order valence-corrected chi connectivity index (χ1v) is 9.58. The Kier molecular flexibility index (Phi) is 6.66. The summed E-state index contributed by atoms with van der Waals surface area (Å²) in [6, 6.07) is 11.0. The minimum absolute atomic E-state index is 0.124. The van der Waals surface area contributed by atoms with Crippen LogP contribution >= 0.6 is 11.6 Å². The Bertz CT molecular complexity index is 911. The quantitative estimate of drug-likeness (QED) is 0.432. The van der Waals surface area contributed by atoms with Gasteiger partial charge in [0.1, 0.15) is 5.56 Å². The molecule has 9 heteroatoms. The molecule has 1 amide bonds. The molecule has 3 rings (SSSR count). The molecule has 0 saturated carbocycles. The van der Waals surface area contributed by atoms with Crippen LogP contribution in [0.4, 0.5) is 17.1 Å². The number of halogens is 1. The van der Waals surface area contributed by atoms with E-state index < -0.39 is 29.1 Å². The van der Waals surface area contributed by atoms with Crippen LogP contribution in [0.3, 0.4) is 0 Å². The van der Waals surface area contributed by atoms with Crippen LogP contribution in [0.25, 0.3) is 0 Å². The van der Waals surface area contributed by atoms with E-state index in [-0.39, 0.29) is 10.6 Å². The second-order valence-corrected chi connectivity index (χ2v) is 7.07. The highest BCUT2D eigenvalue weighted by molar-refractivity contribution is 6.31. The van der Waals surface area contributed by atoms with Gasteiger partial charge in [-0.15, -0.1) is 0 Å². The fourth-order valence-electron chi connectivity index (χ4n) is 3.14. The molecule has 1 N–H and O–H groups in total. The molecule has 8 nitrogen and oxygen atoms in total. The first-order valence-electron chi connectivity index (χ1n) is 9.20. The number of hydrogen-bond donors (Lipinski definition) is 1. The number of nitrogens with zero attached hydrogens (tertiary/aromatic N) is 2. The Labute approximate surface area is 172 Å². The van der Waals surface area contributed by atoms with Gasteiger partial charge in [0.2, 0.25) is 0 Å². The number of nitrogens with one attached hydrogen (secondary N) is 1. The fraction of sp³-hybridized carbons (Fsp3) is 0.300. The van der Waals surface area contributed by atoms with Gasteiger partial charge < -0.3 is 15.0 Å². The summed E-state index contributed by atoms with van der Waals surface area (Å²) in [5.74, 6) is -1.51. The molecule has 1 aliphatic rings. The molecule has 0 bridgehead atoms. The van der Waals surface area contributed by atoms with Crippen molar-refractivity contribution in [3.05, 3.63) is 63.2 Å². The highest BCUT2D eigenvalue weighted by Crippen LogP contribution is 2.24. The van der Waals surface area contributed by atoms with Gasteiger partial charge in [-0.3, -0.25) is 14.9 Å². The number of amides is 1. The number of nitro benzene ring substituents is 1. The van der Waals surface area contributed by atoms with Crippen molar-refractivity contribution < 1.29 is 19.2 Å². The highest BCUT2D eigenvalue weighted by atomic mass is 35.5.